The first-order chi connectivity index (χ1) is 10.4. The van der Waals surface area contributed by atoms with Crippen LogP contribution < -0.4 is 10.6 Å². The number of nitrogens with two attached hydrogens (primary N) is 1. The minimum absolute atomic E-state index is 0.130. The molecule has 4 heteroatoms. The van der Waals surface area contributed by atoms with Crippen molar-refractivity contribution >= 4 is 11.6 Å². The minimum atomic E-state index is 0.130. The smallest absolute Gasteiger partial charge is 0.222 e. The molecule has 0 aliphatic carbocycles. The van der Waals surface area contributed by atoms with E-state index < -0.39 is 0 Å². The molecule has 0 atom stereocenters. The molecule has 122 valence electrons. The van der Waals surface area contributed by atoms with Crippen molar-refractivity contribution in [2.45, 2.75) is 39.0 Å². The highest BCUT2D eigenvalue weighted by atomic mass is 16.2. The Kier molecular flexibility index (Phi) is 5.46. The van der Waals surface area contributed by atoms with E-state index in [-0.39, 0.29) is 11.3 Å². The van der Waals surface area contributed by atoms with E-state index >= 15 is 0 Å². The normalized spacial score (nSPS) is 16.0. The highest BCUT2D eigenvalue weighted by molar-refractivity contribution is 5.76. The number of amides is 1. The summed E-state index contributed by atoms with van der Waals surface area (Å²) in [5.74, 6) is 0.245. The number of hydrogen-bond donors (Lipinski definition) is 1. The Hall–Kier alpha value is -1.55. The summed E-state index contributed by atoms with van der Waals surface area (Å²) in [7, 11) is 0. The third-order valence-electron chi connectivity index (χ3n) is 4.28. The number of para-hydroxylation sites is 1. The van der Waals surface area contributed by atoms with Crippen molar-refractivity contribution in [3.05, 3.63) is 29.8 Å². The van der Waals surface area contributed by atoms with Gasteiger partial charge in [-0.1, -0.05) is 39.0 Å². The molecular weight excluding hydrogens is 274 g/mol. The van der Waals surface area contributed by atoms with E-state index in [2.05, 4.69) is 49.9 Å². The van der Waals surface area contributed by atoms with Crippen LogP contribution in [-0.2, 0) is 10.2 Å². The van der Waals surface area contributed by atoms with Crippen molar-refractivity contribution in [1.29, 1.82) is 0 Å². The summed E-state index contributed by atoms with van der Waals surface area (Å²) in [6, 6.07) is 8.63. The second-order valence-electron chi connectivity index (χ2n) is 7.03. The van der Waals surface area contributed by atoms with Gasteiger partial charge in [-0.15, -0.1) is 0 Å². The number of carbonyl (C=O) groups is 1. The standard InChI is InChI=1S/C18H29N3O/c1-18(2,3)15-7-4-5-8-16(15)20-11-13-21(14-12-20)17(22)9-6-10-19/h4-5,7-8H,6,9-14,19H2,1-3H3. The van der Waals surface area contributed by atoms with Crippen LogP contribution in [0.25, 0.3) is 0 Å². The Bertz CT molecular complexity index is 499. The Balaban J connectivity index is 2.02. The fraction of sp³-hybridized carbons (Fsp3) is 0.611. The van der Waals surface area contributed by atoms with E-state index in [4.69, 9.17) is 5.73 Å². The first-order valence-corrected chi connectivity index (χ1v) is 8.26. The highest BCUT2D eigenvalue weighted by Crippen LogP contribution is 2.32. The van der Waals surface area contributed by atoms with Crippen LogP contribution in [0, 0.1) is 0 Å². The topological polar surface area (TPSA) is 49.6 Å². The molecule has 0 bridgehead atoms. The Labute approximate surface area is 134 Å². The maximum Gasteiger partial charge on any atom is 0.222 e. The summed E-state index contributed by atoms with van der Waals surface area (Å²) in [6.07, 6.45) is 1.36. The Morgan fingerprint density at radius 2 is 1.77 bits per heavy atom. The van der Waals surface area contributed by atoms with E-state index in [0.29, 0.717) is 13.0 Å². The third-order valence-corrected chi connectivity index (χ3v) is 4.28. The zero-order valence-electron chi connectivity index (χ0n) is 14.1. The largest absolute Gasteiger partial charge is 0.368 e. The zero-order valence-corrected chi connectivity index (χ0v) is 14.1. The summed E-state index contributed by atoms with van der Waals surface area (Å²) < 4.78 is 0. The van der Waals surface area contributed by atoms with Crippen molar-refractivity contribution in [3.63, 3.8) is 0 Å². The zero-order chi connectivity index (χ0) is 16.2. The van der Waals surface area contributed by atoms with Gasteiger partial charge in [0.05, 0.1) is 0 Å². The lowest BCUT2D eigenvalue weighted by molar-refractivity contribution is -0.131. The fourth-order valence-electron chi connectivity index (χ4n) is 2.99. The summed E-state index contributed by atoms with van der Waals surface area (Å²) >= 11 is 0. The molecule has 0 aromatic heterocycles. The van der Waals surface area contributed by atoms with Crippen molar-refractivity contribution in [2.75, 3.05) is 37.6 Å². The number of anilines is 1. The minimum Gasteiger partial charge on any atom is -0.368 e. The van der Waals surface area contributed by atoms with Crippen LogP contribution in [-0.4, -0.2) is 43.5 Å². The molecule has 0 saturated carbocycles. The predicted molar refractivity (Wildman–Crippen MR) is 92.2 cm³/mol. The average molecular weight is 303 g/mol. The Morgan fingerprint density at radius 1 is 1.14 bits per heavy atom. The van der Waals surface area contributed by atoms with Gasteiger partial charge in [0.15, 0.2) is 0 Å². The summed E-state index contributed by atoms with van der Waals surface area (Å²) in [4.78, 5) is 16.5. The van der Waals surface area contributed by atoms with E-state index in [1.54, 1.807) is 0 Å². The monoisotopic (exact) mass is 303 g/mol. The molecule has 2 rings (SSSR count). The quantitative estimate of drug-likeness (QED) is 0.929. The van der Waals surface area contributed by atoms with Gasteiger partial charge in [-0.25, -0.2) is 0 Å². The van der Waals surface area contributed by atoms with Crippen LogP contribution in [0.3, 0.4) is 0 Å². The van der Waals surface area contributed by atoms with Crippen molar-refractivity contribution in [1.82, 2.24) is 4.90 Å². The van der Waals surface area contributed by atoms with E-state index in [0.717, 1.165) is 32.6 Å². The predicted octanol–water partition coefficient (Wildman–Crippen LogP) is 2.37. The molecule has 1 aromatic rings. The van der Waals surface area contributed by atoms with Crippen molar-refractivity contribution in [3.8, 4) is 0 Å². The molecule has 2 N–H and O–H groups in total. The molecule has 1 saturated heterocycles. The van der Waals surface area contributed by atoms with Gasteiger partial charge in [-0.05, 0) is 30.0 Å². The molecule has 1 aliphatic rings. The van der Waals surface area contributed by atoms with E-state index in [1.165, 1.54) is 11.3 Å². The molecule has 1 aromatic carbocycles. The SMILES string of the molecule is CC(C)(C)c1ccccc1N1CCN(C(=O)CCCN)CC1. The van der Waals surface area contributed by atoms with Gasteiger partial charge in [0, 0.05) is 38.3 Å². The summed E-state index contributed by atoms with van der Waals surface area (Å²) in [5.41, 5.74) is 8.29. The van der Waals surface area contributed by atoms with Crippen LogP contribution in [0.2, 0.25) is 0 Å². The molecule has 0 radical (unpaired) electrons. The van der Waals surface area contributed by atoms with Crippen LogP contribution in [0.5, 0.6) is 0 Å². The molecule has 1 fully saturated rings. The van der Waals surface area contributed by atoms with Gasteiger partial charge in [0.2, 0.25) is 5.91 Å². The van der Waals surface area contributed by atoms with Gasteiger partial charge in [-0.2, -0.15) is 0 Å². The molecule has 1 amide bonds. The number of hydrogen-bond acceptors (Lipinski definition) is 3. The first-order valence-electron chi connectivity index (χ1n) is 8.26. The summed E-state index contributed by atoms with van der Waals surface area (Å²) in [5, 5.41) is 0. The average Bonchev–Trinajstić information content (AvgIpc) is 2.52. The molecule has 1 heterocycles. The fourth-order valence-corrected chi connectivity index (χ4v) is 2.99. The lowest BCUT2D eigenvalue weighted by Gasteiger charge is -2.38. The third kappa shape index (κ3) is 4.01. The second-order valence-corrected chi connectivity index (χ2v) is 7.03. The van der Waals surface area contributed by atoms with Crippen LogP contribution >= 0.6 is 0 Å². The number of carbonyl (C=O) groups excluding carboxylic acids is 1. The second kappa shape index (κ2) is 7.14. The van der Waals surface area contributed by atoms with Gasteiger partial charge < -0.3 is 15.5 Å². The number of benzene rings is 1. The van der Waals surface area contributed by atoms with Gasteiger partial charge >= 0.3 is 0 Å². The number of rotatable bonds is 4. The van der Waals surface area contributed by atoms with Gasteiger partial charge in [0.25, 0.3) is 0 Å². The van der Waals surface area contributed by atoms with Crippen molar-refractivity contribution in [2.24, 2.45) is 5.73 Å². The molecule has 4 nitrogen and oxygen atoms in total. The van der Waals surface area contributed by atoms with Gasteiger partial charge in [-0.3, -0.25) is 4.79 Å². The molecule has 0 unspecified atom stereocenters. The molecule has 0 spiro atoms. The molecular formula is C18H29N3O. The van der Waals surface area contributed by atoms with Crippen LogP contribution in [0.4, 0.5) is 5.69 Å². The number of nitrogens with zero attached hydrogens (tertiary/aromatic N) is 2. The number of piperazine rings is 1. The molecule has 1 aliphatic heterocycles. The van der Waals surface area contributed by atoms with E-state index in [9.17, 15) is 4.79 Å². The Morgan fingerprint density at radius 3 is 2.36 bits per heavy atom. The van der Waals surface area contributed by atoms with Crippen LogP contribution in [0.15, 0.2) is 24.3 Å². The summed E-state index contributed by atoms with van der Waals surface area (Å²) in [6.45, 7) is 10.8. The lowest BCUT2D eigenvalue weighted by atomic mass is 9.85. The lowest BCUT2D eigenvalue weighted by Crippen LogP contribution is -2.49. The van der Waals surface area contributed by atoms with Crippen molar-refractivity contribution < 1.29 is 4.79 Å². The van der Waals surface area contributed by atoms with Crippen LogP contribution in [0.1, 0.15) is 39.2 Å². The van der Waals surface area contributed by atoms with E-state index in [1.807, 2.05) is 4.90 Å². The maximum absolute atomic E-state index is 12.1. The van der Waals surface area contributed by atoms with Gasteiger partial charge in [0.1, 0.15) is 0 Å². The maximum atomic E-state index is 12.1. The molecule has 22 heavy (non-hydrogen) atoms. The highest BCUT2D eigenvalue weighted by Gasteiger charge is 2.25. The first kappa shape index (κ1) is 16.8.